The maximum absolute atomic E-state index is 11.8. The Morgan fingerprint density at radius 3 is 2.82 bits per heavy atom. The lowest BCUT2D eigenvalue weighted by atomic mass is 10.2. The number of nitrogens with one attached hydrogen (secondary N) is 1. The normalized spacial score (nSPS) is 10.5. The van der Waals surface area contributed by atoms with Gasteiger partial charge in [0, 0.05) is 30.3 Å². The molecule has 1 amide bonds. The maximum Gasteiger partial charge on any atom is 0.248 e. The van der Waals surface area contributed by atoms with Crippen LogP contribution in [0, 0.1) is 0 Å². The van der Waals surface area contributed by atoms with E-state index in [1.165, 1.54) is 0 Å². The molecule has 5 nitrogen and oxygen atoms in total. The van der Waals surface area contributed by atoms with Crippen LogP contribution in [0.2, 0.25) is 0 Å². The lowest BCUT2D eigenvalue weighted by molar-refractivity contribution is -0.121. The number of benzene rings is 1. The topological polar surface area (TPSA) is 68.0 Å². The van der Waals surface area contributed by atoms with Crippen molar-refractivity contribution in [2.24, 2.45) is 0 Å². The minimum atomic E-state index is -0.0286. The van der Waals surface area contributed by atoms with Gasteiger partial charge in [0.25, 0.3) is 0 Å². The summed E-state index contributed by atoms with van der Waals surface area (Å²) in [5.41, 5.74) is 1.99. The Kier molecular flexibility index (Phi) is 4.60. The number of hydrogen-bond acceptors (Lipinski definition) is 5. The van der Waals surface area contributed by atoms with Crippen LogP contribution in [0.1, 0.15) is 17.9 Å². The van der Waals surface area contributed by atoms with Crippen molar-refractivity contribution in [1.29, 1.82) is 0 Å². The van der Waals surface area contributed by atoms with E-state index in [1.807, 2.05) is 47.2 Å². The van der Waals surface area contributed by atoms with Crippen LogP contribution < -0.4 is 5.32 Å². The molecule has 0 spiro atoms. The first kappa shape index (κ1) is 14.5. The molecular weight excluding hydrogens is 298 g/mol. The monoisotopic (exact) mass is 313 g/mol. The third-order valence-electron chi connectivity index (χ3n) is 3.13. The molecule has 0 radical (unpaired) electrons. The van der Waals surface area contributed by atoms with E-state index >= 15 is 0 Å². The van der Waals surface area contributed by atoms with Crippen molar-refractivity contribution in [3.63, 3.8) is 0 Å². The second-order valence-corrected chi connectivity index (χ2v) is 5.56. The number of carbonyl (C=O) groups is 1. The third kappa shape index (κ3) is 3.79. The fourth-order valence-electron chi connectivity index (χ4n) is 1.96. The lowest BCUT2D eigenvalue weighted by Crippen LogP contribution is -2.22. The molecule has 6 heteroatoms. The predicted octanol–water partition coefficient (Wildman–Crippen LogP) is 3.05. The molecule has 112 valence electrons. The van der Waals surface area contributed by atoms with Gasteiger partial charge in [0.1, 0.15) is 0 Å². The van der Waals surface area contributed by atoms with Crippen molar-refractivity contribution in [3.8, 4) is 11.5 Å². The standard InChI is InChI=1S/C16H15N3O2S/c20-14(17-10-12-4-2-1-3-5-12)6-7-15-18-19-16(21-15)13-8-9-22-11-13/h1-5,8-9,11H,6-7,10H2,(H,17,20). The first-order valence-electron chi connectivity index (χ1n) is 6.97. The van der Waals surface area contributed by atoms with Gasteiger partial charge in [-0.25, -0.2) is 0 Å². The number of carbonyl (C=O) groups excluding carboxylic acids is 1. The Hall–Kier alpha value is -2.47. The predicted molar refractivity (Wildman–Crippen MR) is 84.2 cm³/mol. The molecule has 3 aromatic rings. The summed E-state index contributed by atoms with van der Waals surface area (Å²) in [6.07, 6.45) is 0.774. The minimum absolute atomic E-state index is 0.0286. The average molecular weight is 313 g/mol. The number of amides is 1. The van der Waals surface area contributed by atoms with Crippen LogP contribution in [-0.4, -0.2) is 16.1 Å². The van der Waals surface area contributed by atoms with E-state index in [1.54, 1.807) is 11.3 Å². The molecule has 0 fully saturated rings. The molecule has 0 bridgehead atoms. The minimum Gasteiger partial charge on any atom is -0.421 e. The molecule has 0 saturated carbocycles. The molecule has 3 rings (SSSR count). The van der Waals surface area contributed by atoms with Gasteiger partial charge >= 0.3 is 0 Å². The number of nitrogens with zero attached hydrogens (tertiary/aromatic N) is 2. The number of aryl methyl sites for hydroxylation is 1. The second kappa shape index (κ2) is 7.00. The third-order valence-corrected chi connectivity index (χ3v) is 3.82. The Bertz CT molecular complexity index is 723. The highest BCUT2D eigenvalue weighted by Gasteiger charge is 2.10. The van der Waals surface area contributed by atoms with Gasteiger partial charge in [-0.15, -0.1) is 10.2 Å². The van der Waals surface area contributed by atoms with Crippen molar-refractivity contribution in [2.45, 2.75) is 19.4 Å². The zero-order valence-electron chi connectivity index (χ0n) is 11.9. The first-order valence-corrected chi connectivity index (χ1v) is 7.91. The fourth-order valence-corrected chi connectivity index (χ4v) is 2.59. The highest BCUT2D eigenvalue weighted by molar-refractivity contribution is 7.08. The van der Waals surface area contributed by atoms with Gasteiger partial charge in [-0.05, 0) is 17.0 Å². The van der Waals surface area contributed by atoms with Crippen LogP contribution in [0.25, 0.3) is 11.5 Å². The Morgan fingerprint density at radius 2 is 2.05 bits per heavy atom. The van der Waals surface area contributed by atoms with Crippen LogP contribution in [-0.2, 0) is 17.8 Å². The van der Waals surface area contributed by atoms with Gasteiger partial charge in [0.15, 0.2) is 0 Å². The number of hydrogen-bond donors (Lipinski definition) is 1. The van der Waals surface area contributed by atoms with Crippen LogP contribution in [0.5, 0.6) is 0 Å². The second-order valence-electron chi connectivity index (χ2n) is 4.78. The average Bonchev–Trinajstić information content (AvgIpc) is 3.22. The van der Waals surface area contributed by atoms with Gasteiger partial charge in [-0.3, -0.25) is 4.79 Å². The van der Waals surface area contributed by atoms with E-state index in [-0.39, 0.29) is 5.91 Å². The zero-order chi connectivity index (χ0) is 15.2. The van der Waals surface area contributed by atoms with E-state index in [0.717, 1.165) is 11.1 Å². The van der Waals surface area contributed by atoms with Crippen LogP contribution >= 0.6 is 11.3 Å². The van der Waals surface area contributed by atoms with E-state index in [0.29, 0.717) is 31.2 Å². The molecule has 1 aromatic carbocycles. The highest BCUT2D eigenvalue weighted by atomic mass is 32.1. The quantitative estimate of drug-likeness (QED) is 0.759. The van der Waals surface area contributed by atoms with Crippen molar-refractivity contribution in [1.82, 2.24) is 15.5 Å². The molecule has 0 aliphatic rings. The summed E-state index contributed by atoms with van der Waals surface area (Å²) in [7, 11) is 0. The van der Waals surface area contributed by atoms with Crippen LogP contribution in [0.4, 0.5) is 0 Å². The summed E-state index contributed by atoms with van der Waals surface area (Å²) < 4.78 is 5.55. The lowest BCUT2D eigenvalue weighted by Gasteiger charge is -2.03. The molecule has 0 aliphatic carbocycles. The zero-order valence-corrected chi connectivity index (χ0v) is 12.7. The number of thiophene rings is 1. The van der Waals surface area contributed by atoms with Gasteiger partial charge in [0.2, 0.25) is 17.7 Å². The molecule has 0 atom stereocenters. The summed E-state index contributed by atoms with van der Waals surface area (Å²) in [6, 6.07) is 11.7. The smallest absolute Gasteiger partial charge is 0.248 e. The van der Waals surface area contributed by atoms with Crippen molar-refractivity contribution in [3.05, 3.63) is 58.6 Å². The molecule has 0 unspecified atom stereocenters. The number of aromatic nitrogens is 2. The van der Waals surface area contributed by atoms with Gasteiger partial charge in [-0.1, -0.05) is 30.3 Å². The summed E-state index contributed by atoms with van der Waals surface area (Å²) in [5, 5.41) is 14.7. The summed E-state index contributed by atoms with van der Waals surface area (Å²) in [6.45, 7) is 0.531. The summed E-state index contributed by atoms with van der Waals surface area (Å²) in [5.74, 6) is 0.955. The Morgan fingerprint density at radius 1 is 1.18 bits per heavy atom. The first-order chi connectivity index (χ1) is 10.8. The molecular formula is C16H15N3O2S. The Balaban J connectivity index is 1.47. The van der Waals surface area contributed by atoms with Gasteiger partial charge < -0.3 is 9.73 Å². The van der Waals surface area contributed by atoms with Gasteiger partial charge in [-0.2, -0.15) is 11.3 Å². The molecule has 2 aromatic heterocycles. The molecule has 22 heavy (non-hydrogen) atoms. The summed E-state index contributed by atoms with van der Waals surface area (Å²) in [4.78, 5) is 11.8. The van der Waals surface area contributed by atoms with Crippen molar-refractivity contribution < 1.29 is 9.21 Å². The van der Waals surface area contributed by atoms with Crippen LogP contribution in [0.3, 0.4) is 0 Å². The van der Waals surface area contributed by atoms with E-state index < -0.39 is 0 Å². The van der Waals surface area contributed by atoms with Crippen LogP contribution in [0.15, 0.2) is 51.6 Å². The van der Waals surface area contributed by atoms with Crippen molar-refractivity contribution >= 4 is 17.2 Å². The molecule has 0 aliphatic heterocycles. The maximum atomic E-state index is 11.8. The van der Waals surface area contributed by atoms with E-state index in [4.69, 9.17) is 4.42 Å². The fraction of sp³-hybridized carbons (Fsp3) is 0.188. The van der Waals surface area contributed by atoms with Gasteiger partial charge in [0.05, 0.1) is 0 Å². The van der Waals surface area contributed by atoms with Crippen molar-refractivity contribution in [2.75, 3.05) is 0 Å². The molecule has 1 N–H and O–H groups in total. The SMILES string of the molecule is O=C(CCc1nnc(-c2ccsc2)o1)NCc1ccccc1. The molecule has 2 heterocycles. The number of rotatable bonds is 6. The Labute approximate surface area is 132 Å². The highest BCUT2D eigenvalue weighted by Crippen LogP contribution is 2.20. The van der Waals surface area contributed by atoms with E-state index in [9.17, 15) is 4.79 Å². The van der Waals surface area contributed by atoms with E-state index in [2.05, 4.69) is 15.5 Å². The largest absolute Gasteiger partial charge is 0.421 e. The molecule has 0 saturated heterocycles. The summed E-state index contributed by atoms with van der Waals surface area (Å²) >= 11 is 1.57.